The molecule has 0 aliphatic rings. The quantitative estimate of drug-likeness (QED) is 0.668. The Morgan fingerprint density at radius 2 is 1.78 bits per heavy atom. The highest BCUT2D eigenvalue weighted by Crippen LogP contribution is 2.10. The molecule has 0 fully saturated rings. The first-order valence-electron chi connectivity index (χ1n) is 7.70. The number of rotatable bonds is 9. The van der Waals surface area contributed by atoms with E-state index in [0.29, 0.717) is 19.6 Å². The van der Waals surface area contributed by atoms with Gasteiger partial charge in [0.15, 0.2) is 0 Å². The minimum atomic E-state index is -3.70. The second-order valence-corrected chi connectivity index (χ2v) is 7.43. The molecule has 0 aromatic heterocycles. The second kappa shape index (κ2) is 9.00. The summed E-state index contributed by atoms with van der Waals surface area (Å²) in [5, 5.41) is 2.69. The Kier molecular flexibility index (Phi) is 7.67. The summed E-state index contributed by atoms with van der Waals surface area (Å²) in [5.41, 5.74) is 0.971. The van der Waals surface area contributed by atoms with Crippen LogP contribution in [0.25, 0.3) is 0 Å². The Morgan fingerprint density at radius 1 is 1.17 bits per heavy atom. The van der Waals surface area contributed by atoms with Crippen molar-refractivity contribution >= 4 is 15.9 Å². The van der Waals surface area contributed by atoms with E-state index in [-0.39, 0.29) is 16.9 Å². The maximum atomic E-state index is 12.2. The van der Waals surface area contributed by atoms with Crippen LogP contribution in [0.15, 0.2) is 29.2 Å². The summed E-state index contributed by atoms with van der Waals surface area (Å²) in [4.78, 5) is 12.1. The molecule has 0 spiro atoms. The fourth-order valence-electron chi connectivity index (χ4n) is 1.83. The molecule has 1 aromatic carbocycles. The van der Waals surface area contributed by atoms with Crippen molar-refractivity contribution in [1.82, 2.24) is 10.0 Å². The predicted octanol–water partition coefficient (Wildman–Crippen LogP) is 1.59. The summed E-state index contributed by atoms with van der Waals surface area (Å²) in [6, 6.07) is 5.63. The molecule has 0 unspecified atom stereocenters. The molecule has 2 N–H and O–H groups in total. The van der Waals surface area contributed by atoms with Crippen LogP contribution in [-0.2, 0) is 19.6 Å². The highest BCUT2D eigenvalue weighted by molar-refractivity contribution is 7.89. The number of carbonyl (C=O) groups is 1. The van der Waals surface area contributed by atoms with Crippen LogP contribution in [0, 0.1) is 6.92 Å². The van der Waals surface area contributed by atoms with E-state index >= 15 is 0 Å². The van der Waals surface area contributed by atoms with Crippen molar-refractivity contribution in [2.24, 2.45) is 0 Å². The van der Waals surface area contributed by atoms with Gasteiger partial charge in [-0.15, -0.1) is 0 Å². The lowest BCUT2D eigenvalue weighted by molar-refractivity contribution is -0.122. The van der Waals surface area contributed by atoms with Gasteiger partial charge in [-0.1, -0.05) is 17.7 Å². The summed E-state index contributed by atoms with van der Waals surface area (Å²) in [6.45, 7) is 8.29. The molecule has 0 saturated heterocycles. The van der Waals surface area contributed by atoms with E-state index in [1.165, 1.54) is 19.1 Å². The van der Waals surface area contributed by atoms with E-state index in [2.05, 4.69) is 10.0 Å². The number of sulfonamides is 1. The fraction of sp³-hybridized carbons (Fsp3) is 0.562. The van der Waals surface area contributed by atoms with Crippen molar-refractivity contribution < 1.29 is 17.9 Å². The normalized spacial score (nSPS) is 13.1. The molecule has 0 heterocycles. The Hall–Kier alpha value is -1.44. The molecule has 0 radical (unpaired) electrons. The van der Waals surface area contributed by atoms with Gasteiger partial charge in [-0.25, -0.2) is 8.42 Å². The summed E-state index contributed by atoms with van der Waals surface area (Å²) < 4.78 is 32.1. The third-order valence-corrected chi connectivity index (χ3v) is 4.68. The van der Waals surface area contributed by atoms with E-state index in [1.54, 1.807) is 12.1 Å². The molecule has 6 nitrogen and oxygen atoms in total. The van der Waals surface area contributed by atoms with Gasteiger partial charge in [-0.05, 0) is 46.2 Å². The van der Waals surface area contributed by atoms with Crippen LogP contribution in [0.3, 0.4) is 0 Å². The predicted molar refractivity (Wildman–Crippen MR) is 89.7 cm³/mol. The van der Waals surface area contributed by atoms with Gasteiger partial charge in [-0.2, -0.15) is 4.72 Å². The van der Waals surface area contributed by atoms with Crippen LogP contribution in [0.5, 0.6) is 0 Å². The zero-order valence-electron chi connectivity index (χ0n) is 14.1. The average Bonchev–Trinajstić information content (AvgIpc) is 2.46. The number of carbonyl (C=O) groups excluding carboxylic acids is 1. The smallest absolute Gasteiger partial charge is 0.241 e. The Bertz CT molecular complexity index is 597. The molecular formula is C16H26N2O4S. The van der Waals surface area contributed by atoms with Gasteiger partial charge in [0, 0.05) is 13.2 Å². The monoisotopic (exact) mass is 342 g/mol. The number of hydrogen-bond donors (Lipinski definition) is 2. The highest BCUT2D eigenvalue weighted by atomic mass is 32.2. The third kappa shape index (κ3) is 7.11. The van der Waals surface area contributed by atoms with Crippen LogP contribution in [0.1, 0.15) is 32.8 Å². The van der Waals surface area contributed by atoms with Crippen molar-refractivity contribution in [1.29, 1.82) is 0 Å². The first-order valence-corrected chi connectivity index (χ1v) is 9.19. The van der Waals surface area contributed by atoms with Crippen LogP contribution < -0.4 is 10.0 Å². The molecule has 1 amide bonds. The van der Waals surface area contributed by atoms with Crippen molar-refractivity contribution in [3.05, 3.63) is 29.8 Å². The minimum absolute atomic E-state index is 0.146. The number of nitrogens with one attached hydrogen (secondary N) is 2. The van der Waals surface area contributed by atoms with Gasteiger partial charge in [0.25, 0.3) is 0 Å². The van der Waals surface area contributed by atoms with Gasteiger partial charge in [-0.3, -0.25) is 4.79 Å². The van der Waals surface area contributed by atoms with E-state index in [4.69, 9.17) is 4.74 Å². The fourth-order valence-corrected chi connectivity index (χ4v) is 3.03. The summed E-state index contributed by atoms with van der Waals surface area (Å²) in [5.74, 6) is -0.356. The highest BCUT2D eigenvalue weighted by Gasteiger charge is 2.21. The lowest BCUT2D eigenvalue weighted by Crippen LogP contribution is -2.45. The van der Waals surface area contributed by atoms with Crippen LogP contribution in [-0.4, -0.2) is 39.6 Å². The summed E-state index contributed by atoms with van der Waals surface area (Å²) >= 11 is 0. The van der Waals surface area contributed by atoms with Gasteiger partial charge < -0.3 is 10.1 Å². The minimum Gasteiger partial charge on any atom is -0.379 e. The van der Waals surface area contributed by atoms with E-state index in [0.717, 1.165) is 5.56 Å². The van der Waals surface area contributed by atoms with E-state index < -0.39 is 16.1 Å². The zero-order chi connectivity index (χ0) is 17.5. The third-order valence-electron chi connectivity index (χ3n) is 3.13. The average molecular weight is 342 g/mol. The Labute approximate surface area is 138 Å². The first kappa shape index (κ1) is 19.6. The molecule has 130 valence electrons. The topological polar surface area (TPSA) is 84.5 Å². The molecule has 23 heavy (non-hydrogen) atoms. The summed E-state index contributed by atoms with van der Waals surface area (Å²) in [7, 11) is -3.70. The van der Waals surface area contributed by atoms with Crippen LogP contribution in [0.2, 0.25) is 0 Å². The maximum absolute atomic E-state index is 12.2. The van der Waals surface area contributed by atoms with Crippen molar-refractivity contribution in [3.8, 4) is 0 Å². The lowest BCUT2D eigenvalue weighted by atomic mass is 10.2. The molecule has 1 aromatic rings. The lowest BCUT2D eigenvalue weighted by Gasteiger charge is -2.15. The molecule has 0 saturated carbocycles. The number of benzene rings is 1. The Balaban J connectivity index is 2.46. The molecule has 0 aliphatic heterocycles. The largest absolute Gasteiger partial charge is 0.379 e. The van der Waals surface area contributed by atoms with Gasteiger partial charge in [0.1, 0.15) is 0 Å². The second-order valence-electron chi connectivity index (χ2n) is 5.72. The molecule has 1 atom stereocenters. The van der Waals surface area contributed by atoms with Crippen molar-refractivity contribution in [2.75, 3.05) is 13.2 Å². The molecule has 7 heteroatoms. The SMILES string of the molecule is Cc1ccc(S(=O)(=O)N[C@@H](C)C(=O)NCCCOC(C)C)cc1. The van der Waals surface area contributed by atoms with Gasteiger partial charge >= 0.3 is 0 Å². The number of aryl methyl sites for hydroxylation is 1. The molecule has 0 aliphatic carbocycles. The number of hydrogen-bond acceptors (Lipinski definition) is 4. The summed E-state index contributed by atoms with van der Waals surface area (Å²) in [6.07, 6.45) is 0.840. The van der Waals surface area contributed by atoms with E-state index in [1.807, 2.05) is 20.8 Å². The standard InChI is InChI=1S/C16H26N2O4S/c1-12(2)22-11-5-10-17-16(19)14(4)18-23(20,21)15-8-6-13(3)7-9-15/h6-9,12,14,18H,5,10-11H2,1-4H3,(H,17,19)/t14-/m0/s1. The molecule has 0 bridgehead atoms. The van der Waals surface area contributed by atoms with Crippen LogP contribution >= 0.6 is 0 Å². The van der Waals surface area contributed by atoms with Crippen LogP contribution in [0.4, 0.5) is 0 Å². The number of amides is 1. The van der Waals surface area contributed by atoms with Gasteiger partial charge in [0.2, 0.25) is 15.9 Å². The molecule has 1 rings (SSSR count). The first-order chi connectivity index (χ1) is 10.7. The molecular weight excluding hydrogens is 316 g/mol. The maximum Gasteiger partial charge on any atom is 0.241 e. The Morgan fingerprint density at radius 3 is 2.35 bits per heavy atom. The van der Waals surface area contributed by atoms with Crippen molar-refractivity contribution in [2.45, 2.75) is 51.2 Å². The number of ether oxygens (including phenoxy) is 1. The van der Waals surface area contributed by atoms with Gasteiger partial charge in [0.05, 0.1) is 17.0 Å². The zero-order valence-corrected chi connectivity index (χ0v) is 14.9. The van der Waals surface area contributed by atoms with E-state index in [9.17, 15) is 13.2 Å². The van der Waals surface area contributed by atoms with Crippen molar-refractivity contribution in [3.63, 3.8) is 0 Å².